The molecular formula is C21H42Cl2. The standard InChI is InChI=1S/C21H42Cl2/c1-4-6-8-10-12-13-15-17-19-20(21(3,22)23)18-16-14-11-9-7-5-2/h20H,4-19H2,1-3H3. The zero-order chi connectivity index (χ0) is 17.4. The molecule has 140 valence electrons. The number of rotatable bonds is 17. The van der Waals surface area contributed by atoms with Gasteiger partial charge in [0.2, 0.25) is 0 Å². The molecule has 0 fully saturated rings. The van der Waals surface area contributed by atoms with Crippen molar-refractivity contribution in [1.29, 1.82) is 0 Å². The summed E-state index contributed by atoms with van der Waals surface area (Å²) in [5.74, 6) is 0.470. The fraction of sp³-hybridized carbons (Fsp3) is 1.00. The molecule has 1 unspecified atom stereocenters. The van der Waals surface area contributed by atoms with Crippen LogP contribution in [-0.2, 0) is 0 Å². The molecule has 0 aliphatic carbocycles. The average Bonchev–Trinajstić information content (AvgIpc) is 2.50. The van der Waals surface area contributed by atoms with E-state index in [1.807, 2.05) is 6.92 Å². The third-order valence-corrected chi connectivity index (χ3v) is 5.65. The lowest BCUT2D eigenvalue weighted by molar-refractivity contribution is 0.376. The Kier molecular flexibility index (Phi) is 16.5. The van der Waals surface area contributed by atoms with Gasteiger partial charge in [0.1, 0.15) is 4.33 Å². The second kappa shape index (κ2) is 16.1. The first-order valence-corrected chi connectivity index (χ1v) is 11.2. The number of halogens is 2. The maximum atomic E-state index is 6.42. The van der Waals surface area contributed by atoms with E-state index in [9.17, 15) is 0 Å². The highest BCUT2D eigenvalue weighted by atomic mass is 35.5. The third-order valence-electron chi connectivity index (χ3n) is 5.03. The largest absolute Gasteiger partial charge is 0.118 e. The first-order valence-electron chi connectivity index (χ1n) is 10.4. The lowest BCUT2D eigenvalue weighted by Crippen LogP contribution is -2.22. The Labute approximate surface area is 157 Å². The summed E-state index contributed by atoms with van der Waals surface area (Å²) in [4.78, 5) is 0. The van der Waals surface area contributed by atoms with Gasteiger partial charge in [-0.05, 0) is 25.7 Å². The minimum absolute atomic E-state index is 0.470. The van der Waals surface area contributed by atoms with Gasteiger partial charge < -0.3 is 0 Å². The normalized spacial score (nSPS) is 13.4. The summed E-state index contributed by atoms with van der Waals surface area (Å²) in [6.45, 7) is 6.54. The molecular weight excluding hydrogens is 323 g/mol. The monoisotopic (exact) mass is 364 g/mol. The van der Waals surface area contributed by atoms with Crippen molar-refractivity contribution in [2.75, 3.05) is 0 Å². The molecule has 2 heteroatoms. The van der Waals surface area contributed by atoms with E-state index in [0.29, 0.717) is 5.92 Å². The predicted octanol–water partition coefficient (Wildman–Crippen LogP) is 9.08. The van der Waals surface area contributed by atoms with E-state index in [0.717, 1.165) is 0 Å². The molecule has 23 heavy (non-hydrogen) atoms. The Bertz CT molecular complexity index is 232. The first-order chi connectivity index (χ1) is 11.0. The molecule has 0 saturated carbocycles. The van der Waals surface area contributed by atoms with E-state index < -0.39 is 4.33 Å². The Morgan fingerprint density at radius 2 is 0.870 bits per heavy atom. The summed E-state index contributed by atoms with van der Waals surface area (Å²) < 4.78 is -0.551. The summed E-state index contributed by atoms with van der Waals surface area (Å²) in [5, 5.41) is 0. The highest BCUT2D eigenvalue weighted by Gasteiger charge is 2.28. The molecule has 0 rings (SSSR count). The zero-order valence-corrected chi connectivity index (χ0v) is 17.7. The molecule has 0 saturated heterocycles. The van der Waals surface area contributed by atoms with Gasteiger partial charge in [-0.25, -0.2) is 0 Å². The van der Waals surface area contributed by atoms with E-state index in [4.69, 9.17) is 23.2 Å². The van der Waals surface area contributed by atoms with E-state index in [1.165, 1.54) is 103 Å². The van der Waals surface area contributed by atoms with Gasteiger partial charge in [0, 0.05) is 0 Å². The summed E-state index contributed by atoms with van der Waals surface area (Å²) in [6, 6.07) is 0. The number of hydrogen-bond acceptors (Lipinski definition) is 0. The smallest absolute Gasteiger partial charge is 0.102 e. The number of hydrogen-bond donors (Lipinski definition) is 0. The molecule has 0 N–H and O–H groups in total. The van der Waals surface area contributed by atoms with Crippen LogP contribution in [0.3, 0.4) is 0 Å². The van der Waals surface area contributed by atoms with Crippen LogP contribution in [0.1, 0.15) is 124 Å². The van der Waals surface area contributed by atoms with Crippen LogP contribution in [-0.4, -0.2) is 4.33 Å². The Morgan fingerprint density at radius 3 is 1.17 bits per heavy atom. The van der Waals surface area contributed by atoms with Crippen molar-refractivity contribution in [3.05, 3.63) is 0 Å². The first kappa shape index (κ1) is 23.6. The quantitative estimate of drug-likeness (QED) is 0.178. The molecule has 0 nitrogen and oxygen atoms in total. The van der Waals surface area contributed by atoms with Gasteiger partial charge in [0.25, 0.3) is 0 Å². The molecule has 0 aromatic heterocycles. The second-order valence-corrected chi connectivity index (χ2v) is 9.24. The highest BCUT2D eigenvalue weighted by molar-refractivity contribution is 6.48. The van der Waals surface area contributed by atoms with E-state index >= 15 is 0 Å². The van der Waals surface area contributed by atoms with Gasteiger partial charge in [-0.3, -0.25) is 0 Å². The van der Waals surface area contributed by atoms with Crippen molar-refractivity contribution in [3.8, 4) is 0 Å². The molecule has 0 aliphatic rings. The predicted molar refractivity (Wildman–Crippen MR) is 109 cm³/mol. The van der Waals surface area contributed by atoms with Crippen LogP contribution in [0.4, 0.5) is 0 Å². The van der Waals surface area contributed by atoms with Crippen LogP contribution in [0, 0.1) is 5.92 Å². The Hall–Kier alpha value is 0.580. The lowest BCUT2D eigenvalue weighted by Gasteiger charge is -2.26. The molecule has 0 aromatic rings. The minimum atomic E-state index is -0.551. The topological polar surface area (TPSA) is 0 Å². The molecule has 0 heterocycles. The van der Waals surface area contributed by atoms with Crippen LogP contribution in [0.5, 0.6) is 0 Å². The fourth-order valence-electron chi connectivity index (χ4n) is 3.35. The van der Waals surface area contributed by atoms with Crippen molar-refractivity contribution in [3.63, 3.8) is 0 Å². The highest BCUT2D eigenvalue weighted by Crippen LogP contribution is 2.37. The third kappa shape index (κ3) is 15.8. The molecule has 0 aromatic carbocycles. The van der Waals surface area contributed by atoms with Crippen LogP contribution < -0.4 is 0 Å². The molecule has 0 aliphatic heterocycles. The summed E-state index contributed by atoms with van der Waals surface area (Å²) in [6.07, 6.45) is 21.5. The van der Waals surface area contributed by atoms with Gasteiger partial charge in [0.05, 0.1) is 0 Å². The van der Waals surface area contributed by atoms with E-state index in [2.05, 4.69) is 13.8 Å². The van der Waals surface area contributed by atoms with Crippen molar-refractivity contribution in [2.45, 2.75) is 128 Å². The fourth-order valence-corrected chi connectivity index (χ4v) is 3.78. The van der Waals surface area contributed by atoms with Crippen LogP contribution >= 0.6 is 23.2 Å². The summed E-state index contributed by atoms with van der Waals surface area (Å²) in [7, 11) is 0. The second-order valence-electron chi connectivity index (χ2n) is 7.47. The van der Waals surface area contributed by atoms with Gasteiger partial charge >= 0.3 is 0 Å². The molecule has 0 bridgehead atoms. The molecule has 0 radical (unpaired) electrons. The van der Waals surface area contributed by atoms with Gasteiger partial charge in [0.15, 0.2) is 0 Å². The van der Waals surface area contributed by atoms with Gasteiger partial charge in [-0.1, -0.05) is 104 Å². The number of unbranched alkanes of at least 4 members (excludes halogenated alkanes) is 12. The van der Waals surface area contributed by atoms with Crippen molar-refractivity contribution < 1.29 is 0 Å². The minimum Gasteiger partial charge on any atom is -0.102 e. The van der Waals surface area contributed by atoms with Crippen LogP contribution in [0.2, 0.25) is 0 Å². The van der Waals surface area contributed by atoms with E-state index in [-0.39, 0.29) is 0 Å². The molecule has 0 amide bonds. The molecule has 1 atom stereocenters. The summed E-state index contributed by atoms with van der Waals surface area (Å²) >= 11 is 12.8. The molecule has 0 spiro atoms. The van der Waals surface area contributed by atoms with Crippen molar-refractivity contribution >= 4 is 23.2 Å². The summed E-state index contributed by atoms with van der Waals surface area (Å²) in [5.41, 5.74) is 0. The maximum Gasteiger partial charge on any atom is 0.118 e. The van der Waals surface area contributed by atoms with Crippen LogP contribution in [0.15, 0.2) is 0 Å². The van der Waals surface area contributed by atoms with Gasteiger partial charge in [-0.15, -0.1) is 23.2 Å². The number of alkyl halides is 2. The SMILES string of the molecule is CCCCCCCCCCC(CCCCCCCC)C(C)(Cl)Cl. The van der Waals surface area contributed by atoms with Crippen LogP contribution in [0.25, 0.3) is 0 Å². The van der Waals surface area contributed by atoms with Crippen molar-refractivity contribution in [1.82, 2.24) is 0 Å². The Balaban J connectivity index is 3.69. The zero-order valence-electron chi connectivity index (χ0n) is 16.1. The average molecular weight is 365 g/mol. The lowest BCUT2D eigenvalue weighted by atomic mass is 9.91. The van der Waals surface area contributed by atoms with Crippen molar-refractivity contribution in [2.24, 2.45) is 5.92 Å². The van der Waals surface area contributed by atoms with E-state index in [1.54, 1.807) is 0 Å². The Morgan fingerprint density at radius 1 is 0.565 bits per heavy atom. The maximum absolute atomic E-state index is 6.42. The van der Waals surface area contributed by atoms with Gasteiger partial charge in [-0.2, -0.15) is 0 Å².